The average molecular weight is 421 g/mol. The molecule has 1 aliphatic heterocycles. The highest BCUT2D eigenvalue weighted by Crippen LogP contribution is 2.25. The van der Waals surface area contributed by atoms with Crippen molar-refractivity contribution >= 4 is 21.6 Å². The molecule has 0 saturated heterocycles. The molecule has 0 atom stereocenters. The van der Waals surface area contributed by atoms with Gasteiger partial charge in [0.1, 0.15) is 0 Å². The summed E-state index contributed by atoms with van der Waals surface area (Å²) >= 11 is 0. The van der Waals surface area contributed by atoms with Gasteiger partial charge in [0.25, 0.3) is 15.9 Å². The molecule has 0 aromatic heterocycles. The quantitative estimate of drug-likeness (QED) is 0.624. The Hall–Kier alpha value is -3.12. The molecule has 0 fully saturated rings. The Morgan fingerprint density at radius 1 is 0.900 bits per heavy atom. The van der Waals surface area contributed by atoms with E-state index in [4.69, 9.17) is 0 Å². The van der Waals surface area contributed by atoms with E-state index in [-0.39, 0.29) is 10.8 Å². The van der Waals surface area contributed by atoms with Crippen LogP contribution in [0.5, 0.6) is 0 Å². The number of hydrogen-bond donors (Lipinski definition) is 0. The monoisotopic (exact) mass is 420 g/mol. The maximum Gasteiger partial charge on any atom is 0.264 e. The van der Waals surface area contributed by atoms with E-state index < -0.39 is 10.0 Å². The molecular weight excluding hydrogens is 396 g/mol. The Bertz CT molecular complexity index is 1140. The number of anilines is 1. The first-order valence-corrected chi connectivity index (χ1v) is 11.5. The van der Waals surface area contributed by atoms with Gasteiger partial charge < -0.3 is 4.90 Å². The van der Waals surface area contributed by atoms with Gasteiger partial charge in [0.15, 0.2) is 0 Å². The van der Waals surface area contributed by atoms with Crippen LogP contribution in [0.2, 0.25) is 0 Å². The lowest BCUT2D eigenvalue weighted by atomic mass is 9.99. The standard InChI is InChI=1S/C24H24N2O3S/c1-2-26(30(28,29)23-10-4-3-5-11-23)22-14-12-20(13-15-22)24(27)25-17-16-19-8-6-7-9-21(19)18-25/h3-15H,2,16-18H2,1H3. The van der Waals surface area contributed by atoms with Gasteiger partial charge in [-0.25, -0.2) is 8.42 Å². The van der Waals surface area contributed by atoms with Crippen molar-refractivity contribution in [2.45, 2.75) is 24.8 Å². The van der Waals surface area contributed by atoms with Crippen molar-refractivity contribution in [2.75, 3.05) is 17.4 Å². The van der Waals surface area contributed by atoms with E-state index >= 15 is 0 Å². The molecule has 3 aromatic rings. The Balaban J connectivity index is 1.54. The molecule has 4 rings (SSSR count). The van der Waals surface area contributed by atoms with Crippen LogP contribution in [0.15, 0.2) is 83.8 Å². The second kappa shape index (κ2) is 8.32. The van der Waals surface area contributed by atoms with E-state index in [1.165, 1.54) is 15.4 Å². The summed E-state index contributed by atoms with van der Waals surface area (Å²) in [6, 6.07) is 23.4. The predicted octanol–water partition coefficient (Wildman–Crippen LogP) is 4.10. The number of benzene rings is 3. The maximum absolute atomic E-state index is 13.0. The number of sulfonamides is 1. The minimum absolute atomic E-state index is 0.0370. The van der Waals surface area contributed by atoms with Gasteiger partial charge in [-0.3, -0.25) is 9.10 Å². The van der Waals surface area contributed by atoms with Crippen LogP contribution in [0, 0.1) is 0 Å². The van der Waals surface area contributed by atoms with E-state index in [9.17, 15) is 13.2 Å². The summed E-state index contributed by atoms with van der Waals surface area (Å²) in [6.07, 6.45) is 0.846. The van der Waals surface area contributed by atoms with Crippen LogP contribution in [0.25, 0.3) is 0 Å². The third-order valence-corrected chi connectivity index (χ3v) is 7.36. The molecule has 1 heterocycles. The molecule has 0 radical (unpaired) electrons. The lowest BCUT2D eigenvalue weighted by Gasteiger charge is -2.29. The normalized spacial score (nSPS) is 13.6. The van der Waals surface area contributed by atoms with Crippen molar-refractivity contribution in [3.8, 4) is 0 Å². The van der Waals surface area contributed by atoms with Crippen LogP contribution in [0.4, 0.5) is 5.69 Å². The Kier molecular flexibility index (Phi) is 5.59. The molecule has 1 aliphatic rings. The summed E-state index contributed by atoms with van der Waals surface area (Å²) in [5.74, 6) is -0.0370. The second-order valence-corrected chi connectivity index (χ2v) is 9.14. The van der Waals surface area contributed by atoms with Gasteiger partial charge in [0.05, 0.1) is 10.6 Å². The third-order valence-electron chi connectivity index (χ3n) is 5.44. The zero-order valence-corrected chi connectivity index (χ0v) is 17.7. The first-order valence-electron chi connectivity index (χ1n) is 10.0. The summed E-state index contributed by atoms with van der Waals surface area (Å²) in [4.78, 5) is 15.1. The molecule has 0 N–H and O–H groups in total. The number of nitrogens with zero attached hydrogens (tertiary/aromatic N) is 2. The van der Waals surface area contributed by atoms with E-state index in [2.05, 4.69) is 12.1 Å². The smallest absolute Gasteiger partial charge is 0.264 e. The summed E-state index contributed by atoms with van der Waals surface area (Å²) in [6.45, 7) is 3.37. The highest BCUT2D eigenvalue weighted by atomic mass is 32.2. The van der Waals surface area contributed by atoms with Crippen LogP contribution >= 0.6 is 0 Å². The minimum Gasteiger partial charge on any atom is -0.334 e. The predicted molar refractivity (Wildman–Crippen MR) is 118 cm³/mol. The van der Waals surface area contributed by atoms with Crippen LogP contribution in [0.3, 0.4) is 0 Å². The number of fused-ring (bicyclic) bond motifs is 1. The average Bonchev–Trinajstić information content (AvgIpc) is 2.79. The number of hydrogen-bond acceptors (Lipinski definition) is 3. The van der Waals surface area contributed by atoms with E-state index in [1.54, 1.807) is 61.5 Å². The molecule has 0 aliphatic carbocycles. The van der Waals surface area contributed by atoms with Crippen LogP contribution < -0.4 is 4.31 Å². The van der Waals surface area contributed by atoms with Crippen molar-refractivity contribution in [1.29, 1.82) is 0 Å². The van der Waals surface area contributed by atoms with Gasteiger partial charge in [0, 0.05) is 25.2 Å². The fourth-order valence-corrected chi connectivity index (χ4v) is 5.33. The van der Waals surface area contributed by atoms with E-state index in [0.717, 1.165) is 6.42 Å². The summed E-state index contributed by atoms with van der Waals surface area (Å²) < 4.78 is 27.4. The van der Waals surface area contributed by atoms with Gasteiger partial charge in [-0.2, -0.15) is 0 Å². The van der Waals surface area contributed by atoms with Gasteiger partial charge in [-0.1, -0.05) is 42.5 Å². The number of rotatable bonds is 5. The Labute approximate surface area is 177 Å². The van der Waals surface area contributed by atoms with Gasteiger partial charge in [0.2, 0.25) is 0 Å². The molecule has 5 nitrogen and oxygen atoms in total. The van der Waals surface area contributed by atoms with Gasteiger partial charge in [-0.15, -0.1) is 0 Å². The maximum atomic E-state index is 13.0. The first kappa shape index (κ1) is 20.2. The van der Waals surface area contributed by atoms with Crippen LogP contribution in [-0.4, -0.2) is 32.3 Å². The Morgan fingerprint density at radius 2 is 1.53 bits per heavy atom. The van der Waals surface area contributed by atoms with Crippen LogP contribution in [0.1, 0.15) is 28.4 Å². The number of carbonyl (C=O) groups excluding carboxylic acids is 1. The summed E-state index contributed by atoms with van der Waals surface area (Å²) in [7, 11) is -3.65. The molecule has 154 valence electrons. The molecular formula is C24H24N2O3S. The van der Waals surface area contributed by atoms with Gasteiger partial charge >= 0.3 is 0 Å². The highest BCUT2D eigenvalue weighted by Gasteiger charge is 2.25. The largest absolute Gasteiger partial charge is 0.334 e. The van der Waals surface area contributed by atoms with Gasteiger partial charge in [-0.05, 0) is 60.9 Å². The van der Waals surface area contributed by atoms with E-state index in [0.29, 0.717) is 30.9 Å². The third kappa shape index (κ3) is 3.83. The first-order chi connectivity index (χ1) is 14.5. The molecule has 0 saturated carbocycles. The Morgan fingerprint density at radius 3 is 2.20 bits per heavy atom. The number of carbonyl (C=O) groups is 1. The van der Waals surface area contributed by atoms with Crippen molar-refractivity contribution < 1.29 is 13.2 Å². The van der Waals surface area contributed by atoms with Crippen molar-refractivity contribution in [3.05, 3.63) is 95.6 Å². The van der Waals surface area contributed by atoms with Crippen molar-refractivity contribution in [2.24, 2.45) is 0 Å². The highest BCUT2D eigenvalue weighted by molar-refractivity contribution is 7.92. The molecule has 1 amide bonds. The molecule has 30 heavy (non-hydrogen) atoms. The molecule has 3 aromatic carbocycles. The zero-order valence-electron chi connectivity index (χ0n) is 16.9. The molecule has 6 heteroatoms. The van der Waals surface area contributed by atoms with Crippen molar-refractivity contribution in [1.82, 2.24) is 4.90 Å². The summed E-state index contributed by atoms with van der Waals surface area (Å²) in [5, 5.41) is 0. The fraction of sp³-hybridized carbons (Fsp3) is 0.208. The van der Waals surface area contributed by atoms with E-state index in [1.807, 2.05) is 17.0 Å². The second-order valence-electron chi connectivity index (χ2n) is 7.28. The summed E-state index contributed by atoms with van der Waals surface area (Å²) in [5.41, 5.74) is 3.58. The molecule has 0 spiro atoms. The number of amides is 1. The van der Waals surface area contributed by atoms with Crippen LogP contribution in [-0.2, 0) is 23.0 Å². The SMILES string of the molecule is CCN(c1ccc(C(=O)N2CCc3ccccc3C2)cc1)S(=O)(=O)c1ccccc1. The lowest BCUT2D eigenvalue weighted by molar-refractivity contribution is 0.0734. The topological polar surface area (TPSA) is 57.7 Å². The minimum atomic E-state index is -3.65. The van der Waals surface area contributed by atoms with Crippen molar-refractivity contribution in [3.63, 3.8) is 0 Å². The molecule has 0 bridgehead atoms. The zero-order chi connectivity index (χ0) is 21.1. The fourth-order valence-electron chi connectivity index (χ4n) is 3.83. The lowest BCUT2D eigenvalue weighted by Crippen LogP contribution is -2.36. The molecule has 0 unspecified atom stereocenters.